The van der Waals surface area contributed by atoms with Crippen molar-refractivity contribution in [3.63, 3.8) is 0 Å². The average Bonchev–Trinajstić information content (AvgIpc) is 2.46. The molecule has 1 saturated carbocycles. The van der Waals surface area contributed by atoms with Crippen molar-refractivity contribution in [2.75, 3.05) is 13.2 Å². The number of ether oxygens (including phenoxy) is 1. The summed E-state index contributed by atoms with van der Waals surface area (Å²) >= 11 is 0. The number of carbonyl (C=O) groups is 1. The van der Waals surface area contributed by atoms with E-state index >= 15 is 0 Å². The normalized spacial score (nSPS) is 33.2. The van der Waals surface area contributed by atoms with E-state index in [4.69, 9.17) is 23.4 Å². The molecule has 1 aliphatic carbocycles. The Bertz CT molecular complexity index is 188. The summed E-state index contributed by atoms with van der Waals surface area (Å²) in [6, 6.07) is 0. The lowest BCUT2D eigenvalue weighted by Crippen LogP contribution is -2.28. The van der Waals surface area contributed by atoms with Crippen LogP contribution in [0.15, 0.2) is 0 Å². The van der Waals surface area contributed by atoms with Gasteiger partial charge in [-0.2, -0.15) is 0 Å². The average molecular weight is 183 g/mol. The number of carbonyl (C=O) groups excluding carboxylic acids is 1. The molecule has 0 aromatic rings. The minimum absolute atomic E-state index is 0.0101. The first-order valence-electron chi connectivity index (χ1n) is 4.43. The summed E-state index contributed by atoms with van der Waals surface area (Å²) in [5.41, 5.74) is 5.10. The SMILES string of the molecule is [B][C@H]1C[C@@H](CO)[C@@H](OC(=O)CN)C1. The van der Waals surface area contributed by atoms with Crippen molar-refractivity contribution in [3.05, 3.63) is 0 Å². The van der Waals surface area contributed by atoms with Gasteiger partial charge in [0.25, 0.3) is 0 Å². The maximum absolute atomic E-state index is 10.9. The van der Waals surface area contributed by atoms with E-state index in [1.807, 2.05) is 0 Å². The fraction of sp³-hybridized carbons (Fsp3) is 0.875. The van der Waals surface area contributed by atoms with Gasteiger partial charge in [-0.15, -0.1) is 0 Å². The Morgan fingerprint density at radius 3 is 2.85 bits per heavy atom. The summed E-state index contributed by atoms with van der Waals surface area (Å²) < 4.78 is 5.03. The molecule has 4 nitrogen and oxygen atoms in total. The van der Waals surface area contributed by atoms with Crippen molar-refractivity contribution in [1.82, 2.24) is 0 Å². The van der Waals surface area contributed by atoms with Crippen LogP contribution in [-0.2, 0) is 9.53 Å². The van der Waals surface area contributed by atoms with Gasteiger partial charge in [0.05, 0.1) is 14.4 Å². The fourth-order valence-electron chi connectivity index (χ4n) is 1.68. The number of rotatable bonds is 3. The van der Waals surface area contributed by atoms with Crippen LogP contribution in [0.2, 0.25) is 5.82 Å². The summed E-state index contributed by atoms with van der Waals surface area (Å²) in [4.78, 5) is 10.9. The third kappa shape index (κ3) is 2.71. The van der Waals surface area contributed by atoms with Gasteiger partial charge in [0.15, 0.2) is 0 Å². The van der Waals surface area contributed by atoms with Gasteiger partial charge in [-0.1, -0.05) is 5.82 Å². The van der Waals surface area contributed by atoms with Crippen LogP contribution in [0.3, 0.4) is 0 Å². The predicted molar refractivity (Wildman–Crippen MR) is 48.2 cm³/mol. The molecule has 2 radical (unpaired) electrons. The van der Waals surface area contributed by atoms with Crippen molar-refractivity contribution in [3.8, 4) is 0 Å². The second-order valence-electron chi connectivity index (χ2n) is 3.41. The molecule has 0 aromatic carbocycles. The summed E-state index contributed by atoms with van der Waals surface area (Å²) in [5, 5.41) is 8.96. The summed E-state index contributed by atoms with van der Waals surface area (Å²) in [6.45, 7) is -0.111. The molecule has 0 amide bonds. The number of aliphatic hydroxyl groups is 1. The fourth-order valence-corrected chi connectivity index (χ4v) is 1.68. The van der Waals surface area contributed by atoms with E-state index < -0.39 is 5.97 Å². The molecule has 0 aromatic heterocycles. The monoisotopic (exact) mass is 183 g/mol. The Morgan fingerprint density at radius 1 is 1.62 bits per heavy atom. The predicted octanol–water partition coefficient (Wildman–Crippen LogP) is -0.784. The largest absolute Gasteiger partial charge is 0.461 e. The van der Waals surface area contributed by atoms with Gasteiger partial charge in [0.2, 0.25) is 0 Å². The molecule has 1 rings (SSSR count). The van der Waals surface area contributed by atoms with E-state index in [0.29, 0.717) is 12.8 Å². The molecule has 13 heavy (non-hydrogen) atoms. The summed E-state index contributed by atoms with van der Waals surface area (Å²) in [6.07, 6.45) is 1.08. The van der Waals surface area contributed by atoms with Crippen LogP contribution in [0.25, 0.3) is 0 Å². The zero-order valence-electron chi connectivity index (χ0n) is 7.48. The molecule has 3 N–H and O–H groups in total. The second kappa shape index (κ2) is 4.62. The van der Waals surface area contributed by atoms with E-state index in [0.717, 1.165) is 0 Å². The topological polar surface area (TPSA) is 72.5 Å². The lowest BCUT2D eigenvalue weighted by Gasteiger charge is -2.17. The Balaban J connectivity index is 2.43. The lowest BCUT2D eigenvalue weighted by atomic mass is 9.85. The molecule has 0 spiro atoms. The molecule has 5 heteroatoms. The number of hydrogen-bond acceptors (Lipinski definition) is 4. The van der Waals surface area contributed by atoms with Gasteiger partial charge in [-0.25, -0.2) is 0 Å². The molecule has 0 unspecified atom stereocenters. The maximum atomic E-state index is 10.9. The van der Waals surface area contributed by atoms with Crippen LogP contribution in [0.4, 0.5) is 0 Å². The Labute approximate surface area is 78.8 Å². The highest BCUT2D eigenvalue weighted by atomic mass is 16.5. The zero-order valence-corrected chi connectivity index (χ0v) is 7.48. The highest BCUT2D eigenvalue weighted by Crippen LogP contribution is 2.34. The number of hydrogen-bond donors (Lipinski definition) is 2. The van der Waals surface area contributed by atoms with Crippen molar-refractivity contribution >= 4 is 13.8 Å². The maximum Gasteiger partial charge on any atom is 0.319 e. The highest BCUT2D eigenvalue weighted by Gasteiger charge is 2.33. The van der Waals surface area contributed by atoms with E-state index in [1.54, 1.807) is 0 Å². The number of nitrogens with two attached hydrogens (primary N) is 1. The van der Waals surface area contributed by atoms with Gasteiger partial charge in [-0.05, 0) is 12.8 Å². The smallest absolute Gasteiger partial charge is 0.319 e. The van der Waals surface area contributed by atoms with Crippen LogP contribution in [0, 0.1) is 5.92 Å². The number of esters is 1. The van der Waals surface area contributed by atoms with Gasteiger partial charge in [0, 0.05) is 12.5 Å². The van der Waals surface area contributed by atoms with Crippen molar-refractivity contribution in [2.24, 2.45) is 11.7 Å². The van der Waals surface area contributed by atoms with E-state index in [2.05, 4.69) is 0 Å². The second-order valence-corrected chi connectivity index (χ2v) is 3.41. The molecular formula is C8H14BNO3. The van der Waals surface area contributed by atoms with Crippen LogP contribution >= 0.6 is 0 Å². The highest BCUT2D eigenvalue weighted by molar-refractivity contribution is 6.11. The summed E-state index contributed by atoms with van der Waals surface area (Å²) in [7, 11) is 5.67. The third-order valence-corrected chi connectivity index (χ3v) is 2.35. The van der Waals surface area contributed by atoms with Crippen LogP contribution in [0.5, 0.6) is 0 Å². The van der Waals surface area contributed by atoms with Crippen molar-refractivity contribution < 1.29 is 14.6 Å². The van der Waals surface area contributed by atoms with E-state index in [9.17, 15) is 4.79 Å². The standard InChI is InChI=1S/C8H14BNO3/c9-6-1-5(4-11)7(2-6)13-8(12)3-10/h5-7,11H,1-4,10H2/t5-,6-,7-/m0/s1. The van der Waals surface area contributed by atoms with E-state index in [1.165, 1.54) is 0 Å². The van der Waals surface area contributed by atoms with Crippen LogP contribution in [-0.4, -0.2) is 38.2 Å². The van der Waals surface area contributed by atoms with Crippen molar-refractivity contribution in [2.45, 2.75) is 24.8 Å². The minimum Gasteiger partial charge on any atom is -0.461 e. The summed E-state index contributed by atoms with van der Waals surface area (Å²) in [5.74, 6) is -0.434. The molecule has 0 bridgehead atoms. The molecule has 0 heterocycles. The molecule has 0 aliphatic heterocycles. The minimum atomic E-state index is -0.433. The zero-order chi connectivity index (χ0) is 9.84. The van der Waals surface area contributed by atoms with Crippen LogP contribution in [0.1, 0.15) is 12.8 Å². The van der Waals surface area contributed by atoms with Gasteiger partial charge in [-0.3, -0.25) is 4.79 Å². The third-order valence-electron chi connectivity index (χ3n) is 2.35. The van der Waals surface area contributed by atoms with Gasteiger partial charge >= 0.3 is 5.97 Å². The van der Waals surface area contributed by atoms with Crippen LogP contribution < -0.4 is 5.73 Å². The van der Waals surface area contributed by atoms with Gasteiger partial charge in [0.1, 0.15) is 6.10 Å². The van der Waals surface area contributed by atoms with Crippen molar-refractivity contribution in [1.29, 1.82) is 0 Å². The molecule has 1 fully saturated rings. The first-order chi connectivity index (χ1) is 6.17. The first-order valence-corrected chi connectivity index (χ1v) is 4.43. The Morgan fingerprint density at radius 2 is 2.31 bits per heavy atom. The molecule has 72 valence electrons. The number of aliphatic hydroxyl groups excluding tert-OH is 1. The molecule has 0 saturated heterocycles. The molecule has 3 atom stereocenters. The quantitative estimate of drug-likeness (QED) is 0.444. The first kappa shape index (κ1) is 10.5. The van der Waals surface area contributed by atoms with Gasteiger partial charge < -0.3 is 15.6 Å². The Hall–Kier alpha value is -0.545. The molecular weight excluding hydrogens is 169 g/mol. The molecule has 1 aliphatic rings. The van der Waals surface area contributed by atoms with E-state index in [-0.39, 0.29) is 31.0 Å². The lowest BCUT2D eigenvalue weighted by molar-refractivity contribution is -0.149. The Kier molecular flexibility index (Phi) is 3.75.